The summed E-state index contributed by atoms with van der Waals surface area (Å²) < 4.78 is 5.66. The van der Waals surface area contributed by atoms with E-state index < -0.39 is 12.2 Å². The topological polar surface area (TPSA) is 49.7 Å². The molecule has 4 aromatic carbocycles. The van der Waals surface area contributed by atoms with Crippen LogP contribution in [0.2, 0.25) is 0 Å². The van der Waals surface area contributed by atoms with Gasteiger partial charge in [0.25, 0.3) is 0 Å². The van der Waals surface area contributed by atoms with Crippen LogP contribution in [0.5, 0.6) is 0 Å². The summed E-state index contributed by atoms with van der Waals surface area (Å²) in [6, 6.07) is 27.7. The molecule has 0 aliphatic carbocycles. The van der Waals surface area contributed by atoms with Gasteiger partial charge in [-0.1, -0.05) is 84.9 Å². The molecule has 0 aromatic heterocycles. The van der Waals surface area contributed by atoms with Gasteiger partial charge < -0.3 is 14.9 Å². The maximum Gasteiger partial charge on any atom is 0.103 e. The van der Waals surface area contributed by atoms with Crippen LogP contribution in [0.4, 0.5) is 0 Å². The van der Waals surface area contributed by atoms with Crippen LogP contribution in [-0.4, -0.2) is 23.4 Å². The molecule has 0 amide bonds. The number of aliphatic hydroxyl groups excluding tert-OH is 2. The smallest absolute Gasteiger partial charge is 0.103 e. The first-order valence-corrected chi connectivity index (χ1v) is 9.13. The van der Waals surface area contributed by atoms with Gasteiger partial charge in [0.1, 0.15) is 12.2 Å². The second kappa shape index (κ2) is 7.89. The molecular formula is C24H22O3. The summed E-state index contributed by atoms with van der Waals surface area (Å²) in [6.45, 7) is 0.270. The number of rotatable bonds is 6. The van der Waals surface area contributed by atoms with Gasteiger partial charge in [-0.05, 0) is 32.7 Å². The van der Waals surface area contributed by atoms with Crippen molar-refractivity contribution in [3.63, 3.8) is 0 Å². The normalized spacial score (nSPS) is 13.7. The average molecular weight is 358 g/mol. The maximum atomic E-state index is 10.6. The minimum absolute atomic E-state index is 0.135. The summed E-state index contributed by atoms with van der Waals surface area (Å²) >= 11 is 0. The molecule has 0 fully saturated rings. The number of ether oxygens (including phenoxy) is 1. The highest BCUT2D eigenvalue weighted by atomic mass is 16.5. The fourth-order valence-electron chi connectivity index (χ4n) is 3.55. The first-order chi connectivity index (χ1) is 13.2. The Morgan fingerprint density at radius 2 is 0.963 bits per heavy atom. The summed E-state index contributed by atoms with van der Waals surface area (Å²) in [4.78, 5) is 0. The van der Waals surface area contributed by atoms with Crippen molar-refractivity contribution in [2.24, 2.45) is 0 Å². The summed E-state index contributed by atoms with van der Waals surface area (Å²) in [5, 5.41) is 25.3. The molecule has 0 aliphatic rings. The molecule has 0 radical (unpaired) electrons. The Morgan fingerprint density at radius 1 is 0.556 bits per heavy atom. The van der Waals surface area contributed by atoms with Crippen LogP contribution in [-0.2, 0) is 4.74 Å². The first-order valence-electron chi connectivity index (χ1n) is 9.13. The Labute approximate surface area is 158 Å². The van der Waals surface area contributed by atoms with Crippen molar-refractivity contribution in [2.45, 2.75) is 12.2 Å². The lowest BCUT2D eigenvalue weighted by Crippen LogP contribution is -2.13. The Bertz CT molecular complexity index is 962. The fraction of sp³-hybridized carbons (Fsp3) is 0.167. The quantitative estimate of drug-likeness (QED) is 0.522. The molecule has 0 saturated carbocycles. The molecule has 0 saturated heterocycles. The van der Waals surface area contributed by atoms with E-state index in [9.17, 15) is 10.2 Å². The minimum Gasteiger partial charge on any atom is -0.386 e. The second-order valence-electron chi connectivity index (χ2n) is 6.71. The zero-order valence-corrected chi connectivity index (χ0v) is 15.0. The van der Waals surface area contributed by atoms with Gasteiger partial charge in [-0.15, -0.1) is 0 Å². The molecule has 2 atom stereocenters. The highest BCUT2D eigenvalue weighted by molar-refractivity contribution is 5.86. The molecule has 4 aromatic rings. The molecule has 0 bridgehead atoms. The standard InChI is InChI=1S/C24H22O3/c25-23(21-13-5-9-17-7-1-3-11-19(17)21)15-27-16-24(26)22-14-6-10-18-8-2-4-12-20(18)22/h1-14,23-26H,15-16H2. The number of hydrogen-bond acceptors (Lipinski definition) is 3. The van der Waals surface area contributed by atoms with Crippen molar-refractivity contribution >= 4 is 21.5 Å². The number of aliphatic hydroxyl groups is 2. The molecule has 27 heavy (non-hydrogen) atoms. The van der Waals surface area contributed by atoms with E-state index in [-0.39, 0.29) is 13.2 Å². The van der Waals surface area contributed by atoms with Gasteiger partial charge in [-0.25, -0.2) is 0 Å². The van der Waals surface area contributed by atoms with E-state index in [2.05, 4.69) is 0 Å². The molecule has 3 nitrogen and oxygen atoms in total. The van der Waals surface area contributed by atoms with E-state index in [1.807, 2.05) is 84.9 Å². The molecular weight excluding hydrogens is 336 g/mol. The molecule has 136 valence electrons. The third-order valence-corrected chi connectivity index (χ3v) is 4.92. The largest absolute Gasteiger partial charge is 0.386 e. The zero-order valence-electron chi connectivity index (χ0n) is 15.0. The van der Waals surface area contributed by atoms with Crippen molar-refractivity contribution in [2.75, 3.05) is 13.2 Å². The third-order valence-electron chi connectivity index (χ3n) is 4.92. The van der Waals surface area contributed by atoms with Gasteiger partial charge in [0.05, 0.1) is 13.2 Å². The van der Waals surface area contributed by atoms with Crippen LogP contribution in [0.1, 0.15) is 23.3 Å². The van der Waals surface area contributed by atoms with E-state index in [1.54, 1.807) is 0 Å². The van der Waals surface area contributed by atoms with Gasteiger partial charge in [-0.2, -0.15) is 0 Å². The molecule has 4 rings (SSSR count). The monoisotopic (exact) mass is 358 g/mol. The van der Waals surface area contributed by atoms with Crippen molar-refractivity contribution in [3.05, 3.63) is 96.1 Å². The van der Waals surface area contributed by atoms with E-state index in [0.29, 0.717) is 0 Å². The van der Waals surface area contributed by atoms with Crippen LogP contribution in [0, 0.1) is 0 Å². The predicted molar refractivity (Wildman–Crippen MR) is 109 cm³/mol. The van der Waals surface area contributed by atoms with Crippen molar-refractivity contribution in [3.8, 4) is 0 Å². The average Bonchev–Trinajstić information content (AvgIpc) is 2.72. The van der Waals surface area contributed by atoms with Crippen LogP contribution in [0.3, 0.4) is 0 Å². The van der Waals surface area contributed by atoms with Crippen LogP contribution < -0.4 is 0 Å². The van der Waals surface area contributed by atoms with Gasteiger partial charge >= 0.3 is 0 Å². The molecule has 0 spiro atoms. The van der Waals surface area contributed by atoms with E-state index >= 15 is 0 Å². The first kappa shape index (κ1) is 17.7. The van der Waals surface area contributed by atoms with Gasteiger partial charge in [0.2, 0.25) is 0 Å². The minimum atomic E-state index is -0.740. The SMILES string of the molecule is OC(COCC(O)c1cccc2ccccc12)c1cccc2ccccc12. The Kier molecular flexibility index (Phi) is 5.16. The lowest BCUT2D eigenvalue weighted by atomic mass is 10.0. The number of hydrogen-bond donors (Lipinski definition) is 2. The van der Waals surface area contributed by atoms with E-state index in [0.717, 1.165) is 32.7 Å². The lowest BCUT2D eigenvalue weighted by molar-refractivity contribution is -0.00811. The van der Waals surface area contributed by atoms with Crippen molar-refractivity contribution in [1.29, 1.82) is 0 Å². The van der Waals surface area contributed by atoms with Crippen molar-refractivity contribution in [1.82, 2.24) is 0 Å². The second-order valence-corrected chi connectivity index (χ2v) is 6.71. The van der Waals surface area contributed by atoms with Crippen LogP contribution >= 0.6 is 0 Å². The molecule has 0 heterocycles. The summed E-state index contributed by atoms with van der Waals surface area (Å²) in [7, 11) is 0. The lowest BCUT2D eigenvalue weighted by Gasteiger charge is -2.17. The summed E-state index contributed by atoms with van der Waals surface area (Å²) in [5.74, 6) is 0. The van der Waals surface area contributed by atoms with E-state index in [1.165, 1.54) is 0 Å². The van der Waals surface area contributed by atoms with Gasteiger partial charge in [0, 0.05) is 0 Å². The van der Waals surface area contributed by atoms with Gasteiger partial charge in [0.15, 0.2) is 0 Å². The van der Waals surface area contributed by atoms with Crippen molar-refractivity contribution < 1.29 is 14.9 Å². The molecule has 0 aliphatic heterocycles. The Hall–Kier alpha value is -2.72. The van der Waals surface area contributed by atoms with E-state index in [4.69, 9.17) is 4.74 Å². The highest BCUT2D eigenvalue weighted by Gasteiger charge is 2.15. The third kappa shape index (κ3) is 3.71. The predicted octanol–water partition coefficient (Wildman–Crippen LogP) is 4.78. The molecule has 2 unspecified atom stereocenters. The maximum absolute atomic E-state index is 10.6. The highest BCUT2D eigenvalue weighted by Crippen LogP contribution is 2.26. The number of fused-ring (bicyclic) bond motifs is 2. The summed E-state index contributed by atoms with van der Waals surface area (Å²) in [6.07, 6.45) is -1.48. The number of benzene rings is 4. The Balaban J connectivity index is 1.44. The fourth-order valence-corrected chi connectivity index (χ4v) is 3.55. The summed E-state index contributed by atoms with van der Waals surface area (Å²) in [5.41, 5.74) is 1.68. The van der Waals surface area contributed by atoms with Crippen LogP contribution in [0.25, 0.3) is 21.5 Å². The van der Waals surface area contributed by atoms with Crippen LogP contribution in [0.15, 0.2) is 84.9 Å². The molecule has 2 N–H and O–H groups in total. The zero-order chi connectivity index (χ0) is 18.6. The van der Waals surface area contributed by atoms with Gasteiger partial charge in [-0.3, -0.25) is 0 Å². The Morgan fingerprint density at radius 3 is 1.44 bits per heavy atom. The molecule has 3 heteroatoms.